The van der Waals surface area contributed by atoms with E-state index in [1.54, 1.807) is 0 Å². The second kappa shape index (κ2) is 5.78. The molecule has 0 fully saturated rings. The van der Waals surface area contributed by atoms with Crippen molar-refractivity contribution in [2.75, 3.05) is 0 Å². The molecule has 0 aliphatic carbocycles. The van der Waals surface area contributed by atoms with Gasteiger partial charge in [-0.05, 0) is 12.5 Å². The normalized spacial score (nSPS) is 11.6. The third-order valence-electron chi connectivity index (χ3n) is 2.62. The average molecular weight is 255 g/mol. The number of aromatic nitrogens is 3. The number of nitrogens with one attached hydrogen (secondary N) is 1. The largest absolute Gasteiger partial charge is 0.348 e. The zero-order valence-electron chi connectivity index (χ0n) is 10.4. The Balaban J connectivity index is 1.93. The first-order valence-corrected chi connectivity index (χ1v) is 5.83. The standard InChI is InChI=1S/C13H13N5O/c1-10(11-5-3-2-4-6-11)16-13(19)8-18-9-15-12(7-14)17-18/h2-6,9-10H,8H2,1H3,(H,16,19)/t10-/m0/s1. The molecule has 6 heteroatoms. The van der Waals surface area contributed by atoms with E-state index in [0.29, 0.717) is 0 Å². The van der Waals surface area contributed by atoms with Crippen LogP contribution in [-0.4, -0.2) is 20.7 Å². The van der Waals surface area contributed by atoms with Gasteiger partial charge in [0.25, 0.3) is 5.82 Å². The lowest BCUT2D eigenvalue weighted by Gasteiger charge is -2.13. The molecule has 1 amide bonds. The van der Waals surface area contributed by atoms with Crippen molar-refractivity contribution in [3.63, 3.8) is 0 Å². The molecule has 1 aromatic heterocycles. The van der Waals surface area contributed by atoms with Crippen LogP contribution >= 0.6 is 0 Å². The summed E-state index contributed by atoms with van der Waals surface area (Å²) in [6.45, 7) is 1.96. The fraction of sp³-hybridized carbons (Fsp3) is 0.231. The molecule has 0 saturated heterocycles. The van der Waals surface area contributed by atoms with Gasteiger partial charge in [-0.15, -0.1) is 5.10 Å². The summed E-state index contributed by atoms with van der Waals surface area (Å²) >= 11 is 0. The van der Waals surface area contributed by atoms with Crippen molar-refractivity contribution in [2.45, 2.75) is 19.5 Å². The minimum atomic E-state index is -0.175. The molecule has 19 heavy (non-hydrogen) atoms. The topological polar surface area (TPSA) is 83.6 Å². The maximum Gasteiger partial charge on any atom is 0.252 e. The van der Waals surface area contributed by atoms with Gasteiger partial charge in [-0.3, -0.25) is 4.79 Å². The van der Waals surface area contributed by atoms with Crippen LogP contribution < -0.4 is 5.32 Å². The fourth-order valence-corrected chi connectivity index (χ4v) is 1.68. The summed E-state index contributed by atoms with van der Waals surface area (Å²) in [6.07, 6.45) is 1.37. The van der Waals surface area contributed by atoms with E-state index < -0.39 is 0 Å². The van der Waals surface area contributed by atoms with Gasteiger partial charge >= 0.3 is 0 Å². The van der Waals surface area contributed by atoms with E-state index in [4.69, 9.17) is 5.26 Å². The lowest BCUT2D eigenvalue weighted by atomic mass is 10.1. The quantitative estimate of drug-likeness (QED) is 0.884. The molecule has 1 heterocycles. The van der Waals surface area contributed by atoms with E-state index in [1.165, 1.54) is 11.0 Å². The fourth-order valence-electron chi connectivity index (χ4n) is 1.68. The number of carbonyl (C=O) groups is 1. The average Bonchev–Trinajstić information content (AvgIpc) is 2.87. The predicted molar refractivity (Wildman–Crippen MR) is 67.7 cm³/mol. The second-order valence-electron chi connectivity index (χ2n) is 4.08. The van der Waals surface area contributed by atoms with Gasteiger partial charge < -0.3 is 5.32 Å². The highest BCUT2D eigenvalue weighted by molar-refractivity contribution is 5.76. The molecule has 0 aliphatic rings. The summed E-state index contributed by atoms with van der Waals surface area (Å²) in [6, 6.07) is 11.4. The van der Waals surface area contributed by atoms with Crippen molar-refractivity contribution in [3.8, 4) is 6.07 Å². The van der Waals surface area contributed by atoms with Crippen molar-refractivity contribution in [2.24, 2.45) is 0 Å². The first-order chi connectivity index (χ1) is 9.19. The predicted octanol–water partition coefficient (Wildman–Crippen LogP) is 1.03. The van der Waals surface area contributed by atoms with Crippen LogP contribution in [0.15, 0.2) is 36.7 Å². The molecule has 1 aromatic carbocycles. The minimum absolute atomic E-state index is 0.0475. The van der Waals surface area contributed by atoms with Crippen LogP contribution in [0.2, 0.25) is 0 Å². The minimum Gasteiger partial charge on any atom is -0.348 e. The molecule has 1 atom stereocenters. The third-order valence-corrected chi connectivity index (χ3v) is 2.62. The Morgan fingerprint density at radius 3 is 2.84 bits per heavy atom. The maximum absolute atomic E-state index is 11.8. The third kappa shape index (κ3) is 3.39. The zero-order chi connectivity index (χ0) is 13.7. The smallest absolute Gasteiger partial charge is 0.252 e. The molecule has 2 aromatic rings. The summed E-state index contributed by atoms with van der Waals surface area (Å²) in [5.74, 6) is -0.116. The summed E-state index contributed by atoms with van der Waals surface area (Å²) in [4.78, 5) is 15.5. The van der Waals surface area contributed by atoms with E-state index in [2.05, 4.69) is 15.4 Å². The number of benzene rings is 1. The molecule has 0 bridgehead atoms. The number of carbonyl (C=O) groups excluding carboxylic acids is 1. The van der Waals surface area contributed by atoms with E-state index in [9.17, 15) is 4.79 Å². The molecule has 1 N–H and O–H groups in total. The second-order valence-corrected chi connectivity index (χ2v) is 4.08. The van der Waals surface area contributed by atoms with Gasteiger partial charge in [0, 0.05) is 0 Å². The van der Waals surface area contributed by atoms with Gasteiger partial charge in [0.1, 0.15) is 18.9 Å². The zero-order valence-corrected chi connectivity index (χ0v) is 10.4. The number of rotatable bonds is 4. The highest BCUT2D eigenvalue weighted by Gasteiger charge is 2.10. The Kier molecular flexibility index (Phi) is 3.88. The van der Waals surface area contributed by atoms with Gasteiger partial charge in [0.05, 0.1) is 6.04 Å². The summed E-state index contributed by atoms with van der Waals surface area (Å²) < 4.78 is 1.34. The van der Waals surface area contributed by atoms with Gasteiger partial charge in [-0.1, -0.05) is 30.3 Å². The molecule has 96 valence electrons. The van der Waals surface area contributed by atoms with Crippen molar-refractivity contribution in [1.82, 2.24) is 20.1 Å². The first-order valence-electron chi connectivity index (χ1n) is 5.83. The lowest BCUT2D eigenvalue weighted by molar-refractivity contribution is -0.122. The van der Waals surface area contributed by atoms with Gasteiger partial charge in [0.2, 0.25) is 5.91 Å². The monoisotopic (exact) mass is 255 g/mol. The molecule has 0 aliphatic heterocycles. The lowest BCUT2D eigenvalue weighted by Crippen LogP contribution is -2.30. The maximum atomic E-state index is 11.8. The summed E-state index contributed by atoms with van der Waals surface area (Å²) in [7, 11) is 0. The first kappa shape index (κ1) is 12.8. The Bertz CT molecular complexity index is 599. The van der Waals surface area contributed by atoms with Crippen molar-refractivity contribution >= 4 is 5.91 Å². The van der Waals surface area contributed by atoms with E-state index in [1.807, 2.05) is 43.3 Å². The Labute approximate surface area is 110 Å². The number of nitrogens with zero attached hydrogens (tertiary/aromatic N) is 4. The number of nitriles is 1. The van der Waals surface area contributed by atoms with Crippen molar-refractivity contribution < 1.29 is 4.79 Å². The van der Waals surface area contributed by atoms with Crippen LogP contribution in [0.1, 0.15) is 24.4 Å². The summed E-state index contributed by atoms with van der Waals surface area (Å²) in [5.41, 5.74) is 1.03. The Hall–Kier alpha value is -2.68. The van der Waals surface area contributed by atoms with Crippen molar-refractivity contribution in [1.29, 1.82) is 5.26 Å². The SMILES string of the molecule is C[C@H](NC(=O)Cn1cnc(C#N)n1)c1ccccc1. The summed E-state index contributed by atoms with van der Waals surface area (Å²) in [5, 5.41) is 15.3. The number of hydrogen-bond donors (Lipinski definition) is 1. The van der Waals surface area contributed by atoms with Crippen LogP contribution in [0, 0.1) is 11.3 Å². The molecule has 0 unspecified atom stereocenters. The highest BCUT2D eigenvalue weighted by Crippen LogP contribution is 2.10. The molecular weight excluding hydrogens is 242 g/mol. The number of amides is 1. The van der Waals surface area contributed by atoms with Crippen LogP contribution in [-0.2, 0) is 11.3 Å². The van der Waals surface area contributed by atoms with Gasteiger partial charge in [-0.2, -0.15) is 5.26 Å². The van der Waals surface area contributed by atoms with E-state index in [0.717, 1.165) is 5.56 Å². The van der Waals surface area contributed by atoms with Gasteiger partial charge in [-0.25, -0.2) is 9.67 Å². The highest BCUT2D eigenvalue weighted by atomic mass is 16.2. The van der Waals surface area contributed by atoms with Gasteiger partial charge in [0.15, 0.2) is 0 Å². The molecule has 0 radical (unpaired) electrons. The van der Waals surface area contributed by atoms with Crippen molar-refractivity contribution in [3.05, 3.63) is 48.0 Å². The van der Waals surface area contributed by atoms with Crippen LogP contribution in [0.4, 0.5) is 0 Å². The molecular formula is C13H13N5O. The Morgan fingerprint density at radius 2 is 2.21 bits per heavy atom. The molecule has 2 rings (SSSR count). The van der Waals surface area contributed by atoms with Crippen LogP contribution in [0.5, 0.6) is 0 Å². The molecule has 6 nitrogen and oxygen atoms in total. The van der Waals surface area contributed by atoms with E-state index in [-0.39, 0.29) is 24.3 Å². The van der Waals surface area contributed by atoms with Crippen LogP contribution in [0.25, 0.3) is 0 Å². The van der Waals surface area contributed by atoms with E-state index >= 15 is 0 Å². The number of hydrogen-bond acceptors (Lipinski definition) is 4. The molecule has 0 saturated carbocycles. The van der Waals surface area contributed by atoms with Crippen LogP contribution in [0.3, 0.4) is 0 Å². The molecule has 0 spiro atoms. The Morgan fingerprint density at radius 1 is 1.47 bits per heavy atom.